The van der Waals surface area contributed by atoms with Gasteiger partial charge in [-0.15, -0.1) is 0 Å². The minimum Gasteiger partial charge on any atom is -0.497 e. The Morgan fingerprint density at radius 2 is 2.27 bits per heavy atom. The van der Waals surface area contributed by atoms with Gasteiger partial charge in [0.2, 0.25) is 0 Å². The number of rotatable bonds is 3. The number of nitrogens with zero attached hydrogens (tertiary/aromatic N) is 1. The highest BCUT2D eigenvalue weighted by atomic mass is 16.5. The van der Waals surface area contributed by atoms with E-state index in [2.05, 4.69) is 23.2 Å². The van der Waals surface area contributed by atoms with E-state index in [1.165, 1.54) is 6.42 Å². The van der Waals surface area contributed by atoms with Crippen LogP contribution in [0.3, 0.4) is 0 Å². The highest BCUT2D eigenvalue weighted by molar-refractivity contribution is 5.63. The summed E-state index contributed by atoms with van der Waals surface area (Å²) in [5.41, 5.74) is 1.24. The second-order valence-corrected chi connectivity index (χ2v) is 6.73. The monoisotopic (exact) mass is 304 g/mol. The van der Waals surface area contributed by atoms with Crippen molar-refractivity contribution in [3.8, 4) is 11.5 Å². The van der Waals surface area contributed by atoms with Crippen LogP contribution >= 0.6 is 0 Å². The molecule has 0 saturated carbocycles. The van der Waals surface area contributed by atoms with E-state index in [0.717, 1.165) is 49.8 Å². The Morgan fingerprint density at radius 1 is 1.41 bits per heavy atom. The molecule has 0 radical (unpaired) electrons. The van der Waals surface area contributed by atoms with E-state index in [9.17, 15) is 0 Å². The maximum atomic E-state index is 6.32. The van der Waals surface area contributed by atoms with E-state index in [-0.39, 0.29) is 11.7 Å². The van der Waals surface area contributed by atoms with Gasteiger partial charge in [0.05, 0.1) is 31.0 Å². The van der Waals surface area contributed by atoms with Gasteiger partial charge in [0.15, 0.2) is 0 Å². The van der Waals surface area contributed by atoms with Gasteiger partial charge in [0.25, 0.3) is 0 Å². The standard InChI is InChI=1S/C17H24N2O3/c1-12-8-19(9-14-5-6-17(22-14)10-18-11-17)15-7-13(20-2)3-4-16(15)21-12/h3-4,7,12,14,18H,5-6,8-11H2,1-2H3. The zero-order valence-electron chi connectivity index (χ0n) is 13.3. The van der Waals surface area contributed by atoms with Crippen molar-refractivity contribution in [2.45, 2.75) is 37.6 Å². The molecule has 2 atom stereocenters. The number of ether oxygens (including phenoxy) is 3. The SMILES string of the molecule is COc1ccc2c(c1)N(CC1CCC3(CNC3)O1)CC(C)O2. The van der Waals surface area contributed by atoms with Crippen LogP contribution in [0.1, 0.15) is 19.8 Å². The first kappa shape index (κ1) is 14.2. The van der Waals surface area contributed by atoms with Crippen molar-refractivity contribution in [3.63, 3.8) is 0 Å². The Bertz CT molecular complexity index is 559. The molecule has 3 heterocycles. The molecule has 120 valence electrons. The average molecular weight is 304 g/mol. The molecule has 2 fully saturated rings. The van der Waals surface area contributed by atoms with Crippen molar-refractivity contribution in [3.05, 3.63) is 18.2 Å². The van der Waals surface area contributed by atoms with Crippen LogP contribution in [0, 0.1) is 0 Å². The minimum atomic E-state index is 0.125. The molecular formula is C17H24N2O3. The van der Waals surface area contributed by atoms with Gasteiger partial charge < -0.3 is 24.4 Å². The summed E-state index contributed by atoms with van der Waals surface area (Å²) in [5.74, 6) is 1.81. The molecular weight excluding hydrogens is 280 g/mol. The van der Waals surface area contributed by atoms with E-state index < -0.39 is 0 Å². The van der Waals surface area contributed by atoms with Crippen LogP contribution in [0.4, 0.5) is 5.69 Å². The molecule has 1 aromatic carbocycles. The highest BCUT2D eigenvalue weighted by Crippen LogP contribution is 2.39. The summed E-state index contributed by atoms with van der Waals surface area (Å²) in [5, 5.41) is 3.33. The van der Waals surface area contributed by atoms with Gasteiger partial charge in [-0.3, -0.25) is 0 Å². The number of hydrogen-bond donors (Lipinski definition) is 1. The van der Waals surface area contributed by atoms with Gasteiger partial charge in [-0.2, -0.15) is 0 Å². The Balaban J connectivity index is 1.52. The first-order valence-corrected chi connectivity index (χ1v) is 8.16. The number of nitrogens with one attached hydrogen (secondary N) is 1. The first-order chi connectivity index (χ1) is 10.7. The zero-order chi connectivity index (χ0) is 15.2. The van der Waals surface area contributed by atoms with Gasteiger partial charge in [-0.1, -0.05) is 0 Å². The Hall–Kier alpha value is -1.46. The molecule has 0 aliphatic carbocycles. The topological polar surface area (TPSA) is 43.0 Å². The molecule has 1 aromatic rings. The Morgan fingerprint density at radius 3 is 2.95 bits per heavy atom. The Labute approximate surface area is 131 Å². The molecule has 4 rings (SSSR count). The summed E-state index contributed by atoms with van der Waals surface area (Å²) in [6.45, 7) is 5.95. The molecule has 1 spiro atoms. The fraction of sp³-hybridized carbons (Fsp3) is 0.647. The van der Waals surface area contributed by atoms with Crippen molar-refractivity contribution in [1.82, 2.24) is 5.32 Å². The maximum Gasteiger partial charge on any atom is 0.143 e. The number of anilines is 1. The van der Waals surface area contributed by atoms with Crippen molar-refractivity contribution in [1.29, 1.82) is 0 Å². The van der Waals surface area contributed by atoms with Crippen molar-refractivity contribution < 1.29 is 14.2 Å². The van der Waals surface area contributed by atoms with Crippen LogP contribution < -0.4 is 19.7 Å². The summed E-state index contributed by atoms with van der Waals surface area (Å²) >= 11 is 0. The fourth-order valence-electron chi connectivity index (χ4n) is 3.74. The smallest absolute Gasteiger partial charge is 0.143 e. The Kier molecular flexibility index (Phi) is 3.42. The minimum absolute atomic E-state index is 0.125. The third-order valence-corrected chi connectivity index (χ3v) is 4.97. The van der Waals surface area contributed by atoms with Crippen LogP contribution in [0.2, 0.25) is 0 Å². The number of benzene rings is 1. The van der Waals surface area contributed by atoms with E-state index in [1.807, 2.05) is 12.1 Å². The van der Waals surface area contributed by atoms with Crippen molar-refractivity contribution >= 4 is 5.69 Å². The third-order valence-electron chi connectivity index (χ3n) is 4.97. The number of methoxy groups -OCH3 is 1. The molecule has 5 nitrogen and oxygen atoms in total. The molecule has 2 unspecified atom stereocenters. The average Bonchev–Trinajstić information content (AvgIpc) is 2.91. The second-order valence-electron chi connectivity index (χ2n) is 6.73. The van der Waals surface area contributed by atoms with Gasteiger partial charge in [-0.05, 0) is 31.9 Å². The van der Waals surface area contributed by atoms with Crippen LogP contribution in [0.15, 0.2) is 18.2 Å². The quantitative estimate of drug-likeness (QED) is 0.922. The lowest BCUT2D eigenvalue weighted by atomic mass is 9.93. The number of hydrogen-bond acceptors (Lipinski definition) is 5. The molecule has 0 aromatic heterocycles. The van der Waals surface area contributed by atoms with Crippen LogP contribution in [-0.4, -0.2) is 51.1 Å². The number of fused-ring (bicyclic) bond motifs is 1. The van der Waals surface area contributed by atoms with Crippen LogP contribution in [0.5, 0.6) is 11.5 Å². The van der Waals surface area contributed by atoms with Crippen molar-refractivity contribution in [2.24, 2.45) is 0 Å². The second kappa shape index (κ2) is 5.32. The summed E-state index contributed by atoms with van der Waals surface area (Å²) < 4.78 is 17.6. The molecule has 22 heavy (non-hydrogen) atoms. The molecule has 5 heteroatoms. The lowest BCUT2D eigenvalue weighted by Gasteiger charge is -2.40. The van der Waals surface area contributed by atoms with E-state index in [1.54, 1.807) is 7.11 Å². The third kappa shape index (κ3) is 2.42. The van der Waals surface area contributed by atoms with E-state index >= 15 is 0 Å². The van der Waals surface area contributed by atoms with Crippen molar-refractivity contribution in [2.75, 3.05) is 38.2 Å². The molecule has 3 aliphatic heterocycles. The first-order valence-electron chi connectivity index (χ1n) is 8.16. The lowest BCUT2D eigenvalue weighted by Crippen LogP contribution is -2.59. The van der Waals surface area contributed by atoms with Gasteiger partial charge in [0.1, 0.15) is 17.6 Å². The predicted molar refractivity (Wildman–Crippen MR) is 85.0 cm³/mol. The summed E-state index contributed by atoms with van der Waals surface area (Å²) in [6.07, 6.45) is 2.83. The lowest BCUT2D eigenvalue weighted by molar-refractivity contribution is -0.0706. The molecule has 2 saturated heterocycles. The van der Waals surface area contributed by atoms with E-state index in [0.29, 0.717) is 6.10 Å². The fourth-order valence-corrected chi connectivity index (χ4v) is 3.74. The normalized spacial score (nSPS) is 28.9. The summed E-state index contributed by atoms with van der Waals surface area (Å²) in [4.78, 5) is 2.39. The maximum absolute atomic E-state index is 6.32. The molecule has 0 amide bonds. The van der Waals surface area contributed by atoms with Gasteiger partial charge >= 0.3 is 0 Å². The van der Waals surface area contributed by atoms with E-state index in [4.69, 9.17) is 14.2 Å². The van der Waals surface area contributed by atoms with Gasteiger partial charge in [-0.25, -0.2) is 0 Å². The predicted octanol–water partition coefficient (Wildman–Crippen LogP) is 1.80. The summed E-state index contributed by atoms with van der Waals surface area (Å²) in [6, 6.07) is 6.02. The van der Waals surface area contributed by atoms with Crippen LogP contribution in [-0.2, 0) is 4.74 Å². The largest absolute Gasteiger partial charge is 0.497 e. The molecule has 3 aliphatic rings. The van der Waals surface area contributed by atoms with Gasteiger partial charge in [0, 0.05) is 25.7 Å². The molecule has 1 N–H and O–H groups in total. The highest BCUT2D eigenvalue weighted by Gasteiger charge is 2.45. The zero-order valence-corrected chi connectivity index (χ0v) is 13.3. The molecule has 0 bridgehead atoms. The van der Waals surface area contributed by atoms with Crippen LogP contribution in [0.25, 0.3) is 0 Å². The summed E-state index contributed by atoms with van der Waals surface area (Å²) in [7, 11) is 1.70.